The Hall–Kier alpha value is -2.62. The van der Waals surface area contributed by atoms with E-state index in [0.717, 1.165) is 54.0 Å². The molecule has 0 saturated carbocycles. The van der Waals surface area contributed by atoms with E-state index in [9.17, 15) is 4.79 Å². The third-order valence-electron chi connectivity index (χ3n) is 6.11. The molecule has 4 rings (SSSR count). The lowest BCUT2D eigenvalue weighted by Gasteiger charge is -2.32. The number of piperazine rings is 1. The second kappa shape index (κ2) is 8.63. The SMILES string of the molecule is COCCn1nnnc1[C@H](c1cc2cc(C)cc(C)c2[nH]c1=O)[NH+]1CC[NH+](C)CC1. The van der Waals surface area contributed by atoms with Gasteiger partial charge in [0.2, 0.25) is 5.82 Å². The van der Waals surface area contributed by atoms with E-state index in [1.165, 1.54) is 15.4 Å². The molecule has 9 nitrogen and oxygen atoms in total. The zero-order valence-corrected chi connectivity index (χ0v) is 18.2. The minimum atomic E-state index is -0.223. The number of nitrogens with one attached hydrogen (secondary N) is 3. The molecule has 1 atom stereocenters. The minimum absolute atomic E-state index is 0.0699. The molecule has 9 heteroatoms. The van der Waals surface area contributed by atoms with Gasteiger partial charge in [0.15, 0.2) is 6.04 Å². The number of quaternary nitrogens is 2. The van der Waals surface area contributed by atoms with Crippen molar-refractivity contribution < 1.29 is 14.5 Å². The van der Waals surface area contributed by atoms with E-state index >= 15 is 0 Å². The molecule has 1 aliphatic heterocycles. The second-order valence-electron chi connectivity index (χ2n) is 8.40. The van der Waals surface area contributed by atoms with Crippen LogP contribution in [0.25, 0.3) is 10.9 Å². The van der Waals surface area contributed by atoms with Crippen LogP contribution in [-0.2, 0) is 11.3 Å². The van der Waals surface area contributed by atoms with Crippen molar-refractivity contribution >= 4 is 10.9 Å². The molecule has 160 valence electrons. The summed E-state index contributed by atoms with van der Waals surface area (Å²) in [7, 11) is 3.87. The van der Waals surface area contributed by atoms with Gasteiger partial charge in [0.1, 0.15) is 26.2 Å². The van der Waals surface area contributed by atoms with E-state index in [1.807, 2.05) is 13.0 Å². The summed E-state index contributed by atoms with van der Waals surface area (Å²) in [5, 5.41) is 13.5. The van der Waals surface area contributed by atoms with Gasteiger partial charge in [0, 0.05) is 7.11 Å². The van der Waals surface area contributed by atoms with Crippen LogP contribution < -0.4 is 15.4 Å². The average molecular weight is 414 g/mol. The number of nitrogens with zero attached hydrogens (tertiary/aromatic N) is 4. The highest BCUT2D eigenvalue weighted by Gasteiger charge is 2.36. The monoisotopic (exact) mass is 413 g/mol. The highest BCUT2D eigenvalue weighted by Crippen LogP contribution is 2.21. The summed E-state index contributed by atoms with van der Waals surface area (Å²) in [5.74, 6) is 0.718. The van der Waals surface area contributed by atoms with Crippen LogP contribution in [0.1, 0.15) is 28.6 Å². The molecule has 1 aromatic carbocycles. The topological polar surface area (TPSA) is 94.6 Å². The molecule has 3 aromatic rings. The van der Waals surface area contributed by atoms with E-state index in [-0.39, 0.29) is 11.6 Å². The largest absolute Gasteiger partial charge is 0.383 e. The van der Waals surface area contributed by atoms with Crippen molar-refractivity contribution in [1.82, 2.24) is 25.2 Å². The first kappa shape index (κ1) is 20.6. The van der Waals surface area contributed by atoms with Crippen molar-refractivity contribution in [3.63, 3.8) is 0 Å². The Kier molecular flexibility index (Phi) is 5.94. The maximum absolute atomic E-state index is 13.3. The molecule has 0 bridgehead atoms. The summed E-state index contributed by atoms with van der Waals surface area (Å²) in [4.78, 5) is 19.2. The van der Waals surface area contributed by atoms with Crippen LogP contribution in [0.5, 0.6) is 0 Å². The van der Waals surface area contributed by atoms with Crippen LogP contribution in [0, 0.1) is 13.8 Å². The van der Waals surface area contributed by atoms with Gasteiger partial charge in [0.25, 0.3) is 5.56 Å². The summed E-state index contributed by atoms with van der Waals surface area (Å²) in [6.07, 6.45) is 0. The third kappa shape index (κ3) is 4.00. The maximum Gasteiger partial charge on any atom is 0.258 e. The molecule has 0 unspecified atom stereocenters. The predicted octanol–water partition coefficient (Wildman–Crippen LogP) is -1.72. The number of pyridine rings is 1. The fraction of sp³-hybridized carbons (Fsp3) is 0.524. The standard InChI is InChI=1S/C21H29N7O2/c1-14-11-15(2)18-16(12-14)13-17(21(29)22-18)19(27-7-5-26(3)6-8-27)20-23-24-25-28(20)9-10-30-4/h11-13,19H,5-10H2,1-4H3,(H,22,29)/p+2/t19-/m0/s1. The number of H-pyrrole nitrogens is 1. The van der Waals surface area contributed by atoms with Gasteiger partial charge in [-0.25, -0.2) is 4.68 Å². The van der Waals surface area contributed by atoms with Crippen LogP contribution in [0.2, 0.25) is 0 Å². The van der Waals surface area contributed by atoms with Gasteiger partial charge in [-0.1, -0.05) is 11.6 Å². The van der Waals surface area contributed by atoms with Gasteiger partial charge in [-0.15, -0.1) is 5.10 Å². The summed E-state index contributed by atoms with van der Waals surface area (Å²) >= 11 is 0. The quantitative estimate of drug-likeness (QED) is 0.447. The van der Waals surface area contributed by atoms with Crippen molar-refractivity contribution in [2.75, 3.05) is 46.9 Å². The van der Waals surface area contributed by atoms with Crippen molar-refractivity contribution in [3.05, 3.63) is 51.1 Å². The van der Waals surface area contributed by atoms with E-state index in [2.05, 4.69) is 46.6 Å². The van der Waals surface area contributed by atoms with Gasteiger partial charge in [-0.05, 0) is 47.4 Å². The number of tetrazole rings is 1. The summed E-state index contributed by atoms with van der Waals surface area (Å²) < 4.78 is 7.00. The summed E-state index contributed by atoms with van der Waals surface area (Å²) in [5.41, 5.74) is 3.79. The molecule has 1 fully saturated rings. The number of fused-ring (bicyclic) bond motifs is 1. The Bertz CT molecular complexity index is 1080. The highest BCUT2D eigenvalue weighted by atomic mass is 16.5. The number of aryl methyl sites for hydroxylation is 2. The fourth-order valence-electron chi connectivity index (χ4n) is 4.50. The lowest BCUT2D eigenvalue weighted by atomic mass is 10.00. The van der Waals surface area contributed by atoms with E-state index < -0.39 is 0 Å². The number of ether oxygens (including phenoxy) is 1. The van der Waals surface area contributed by atoms with E-state index in [4.69, 9.17) is 4.74 Å². The number of benzene rings is 1. The zero-order valence-electron chi connectivity index (χ0n) is 18.2. The Labute approximate surface area is 175 Å². The first-order valence-electron chi connectivity index (χ1n) is 10.5. The number of hydrogen-bond donors (Lipinski definition) is 3. The molecule has 30 heavy (non-hydrogen) atoms. The van der Waals surface area contributed by atoms with Crippen LogP contribution in [0.3, 0.4) is 0 Å². The van der Waals surface area contributed by atoms with Crippen LogP contribution in [0.15, 0.2) is 23.0 Å². The van der Waals surface area contributed by atoms with Crippen molar-refractivity contribution in [2.24, 2.45) is 0 Å². The smallest absolute Gasteiger partial charge is 0.258 e. The molecule has 0 radical (unpaired) electrons. The average Bonchev–Trinajstić information content (AvgIpc) is 3.17. The number of rotatable bonds is 6. The first-order chi connectivity index (χ1) is 14.5. The second-order valence-corrected chi connectivity index (χ2v) is 8.40. The fourth-order valence-corrected chi connectivity index (χ4v) is 4.50. The van der Waals surface area contributed by atoms with Crippen molar-refractivity contribution in [3.8, 4) is 0 Å². The number of methoxy groups -OCH3 is 1. The van der Waals surface area contributed by atoms with Gasteiger partial charge in [0.05, 0.1) is 31.3 Å². The number of aromatic amines is 1. The molecular weight excluding hydrogens is 382 g/mol. The zero-order chi connectivity index (χ0) is 21.3. The van der Waals surface area contributed by atoms with E-state index in [0.29, 0.717) is 13.2 Å². The molecule has 1 saturated heterocycles. The normalized spacial score (nSPS) is 20.5. The lowest BCUT2D eigenvalue weighted by molar-refractivity contribution is -1.02. The molecule has 1 aliphatic rings. The number of aromatic nitrogens is 5. The molecule has 3 N–H and O–H groups in total. The predicted molar refractivity (Wildman–Crippen MR) is 113 cm³/mol. The van der Waals surface area contributed by atoms with Crippen LogP contribution in [-0.4, -0.2) is 72.1 Å². The molecule has 3 heterocycles. The highest BCUT2D eigenvalue weighted by molar-refractivity contribution is 5.83. The van der Waals surface area contributed by atoms with Gasteiger partial charge in [-0.3, -0.25) is 4.79 Å². The molecule has 0 aliphatic carbocycles. The Morgan fingerprint density at radius 2 is 1.97 bits per heavy atom. The van der Waals surface area contributed by atoms with Gasteiger partial charge in [-0.2, -0.15) is 0 Å². The van der Waals surface area contributed by atoms with Gasteiger partial charge >= 0.3 is 0 Å². The molecule has 2 aromatic heterocycles. The van der Waals surface area contributed by atoms with E-state index in [1.54, 1.807) is 11.8 Å². The number of hydrogen-bond acceptors (Lipinski definition) is 5. The Morgan fingerprint density at radius 1 is 1.20 bits per heavy atom. The van der Waals surface area contributed by atoms with Crippen LogP contribution in [0.4, 0.5) is 0 Å². The molecule has 0 spiro atoms. The Morgan fingerprint density at radius 3 is 2.70 bits per heavy atom. The van der Waals surface area contributed by atoms with Crippen molar-refractivity contribution in [2.45, 2.75) is 26.4 Å². The van der Waals surface area contributed by atoms with Crippen molar-refractivity contribution in [1.29, 1.82) is 0 Å². The molecule has 0 amide bonds. The minimum Gasteiger partial charge on any atom is -0.383 e. The Balaban J connectivity index is 1.85. The van der Waals surface area contributed by atoms with Gasteiger partial charge < -0.3 is 19.5 Å². The summed E-state index contributed by atoms with van der Waals surface area (Å²) in [6, 6.07) is 6.02. The number of likely N-dealkylation sites (N-methyl/N-ethyl adjacent to an activating group) is 1. The first-order valence-corrected chi connectivity index (χ1v) is 10.5. The third-order valence-corrected chi connectivity index (χ3v) is 6.11. The molecular formula is C21H31N7O2+2. The van der Waals surface area contributed by atoms with Crippen LogP contribution >= 0.6 is 0 Å². The maximum atomic E-state index is 13.3. The summed E-state index contributed by atoms with van der Waals surface area (Å²) in [6.45, 7) is 9.19. The lowest BCUT2D eigenvalue weighted by Crippen LogP contribution is -3.27.